The van der Waals surface area contributed by atoms with Crippen LogP contribution in [-0.4, -0.2) is 21.9 Å². The number of aromatic nitrogens is 1. The van der Waals surface area contributed by atoms with Crippen molar-refractivity contribution in [2.45, 2.75) is 18.1 Å². The van der Waals surface area contributed by atoms with Crippen LogP contribution in [0.5, 0.6) is 0 Å². The number of nitrogens with zero attached hydrogens (tertiary/aromatic N) is 1. The molecule has 1 fully saturated rings. The Morgan fingerprint density at radius 1 is 1.69 bits per heavy atom. The molecule has 0 bridgehead atoms. The Hall–Kier alpha value is -0.260. The molecule has 0 aliphatic carbocycles. The van der Waals surface area contributed by atoms with Crippen LogP contribution in [0, 0.1) is 0 Å². The Kier molecular flexibility index (Phi) is 4.10. The molecule has 0 aromatic carbocycles. The maximum absolute atomic E-state index is 11.8. The molecule has 86 valence electrons. The van der Waals surface area contributed by atoms with Gasteiger partial charge in [0.05, 0.1) is 10.9 Å². The number of nitrogens with one attached hydrogen (secondary N) is 1. The average molecular weight is 322 g/mol. The molecule has 1 saturated heterocycles. The summed E-state index contributed by atoms with van der Waals surface area (Å²) in [6.07, 6.45) is 3.64. The minimum atomic E-state index is 0.0179. The molecule has 0 spiro atoms. The summed E-state index contributed by atoms with van der Waals surface area (Å²) in [5.41, 5.74) is 0.563. The predicted octanol–water partition coefficient (Wildman–Crippen LogP) is 3.33. The van der Waals surface area contributed by atoms with Gasteiger partial charge in [0.1, 0.15) is 0 Å². The SMILES string of the molecule is O=C(Nc1cc(Br)cnc1Cl)C1CCCS1. The second-order valence-corrected chi connectivity index (χ2v) is 6.07. The van der Waals surface area contributed by atoms with Crippen LogP contribution in [0.2, 0.25) is 5.15 Å². The third kappa shape index (κ3) is 2.90. The van der Waals surface area contributed by atoms with Crippen LogP contribution in [0.15, 0.2) is 16.7 Å². The molecule has 2 rings (SSSR count). The number of halogens is 2. The molecule has 6 heteroatoms. The van der Waals surface area contributed by atoms with Gasteiger partial charge in [0.15, 0.2) is 5.15 Å². The quantitative estimate of drug-likeness (QED) is 0.850. The predicted molar refractivity (Wildman–Crippen MR) is 71.1 cm³/mol. The summed E-state index contributed by atoms with van der Waals surface area (Å²) in [4.78, 5) is 15.8. The second-order valence-electron chi connectivity index (χ2n) is 3.48. The van der Waals surface area contributed by atoms with Crippen LogP contribution in [0.1, 0.15) is 12.8 Å². The zero-order valence-corrected chi connectivity index (χ0v) is 11.5. The van der Waals surface area contributed by atoms with Gasteiger partial charge in [-0.05, 0) is 40.6 Å². The first-order valence-electron chi connectivity index (χ1n) is 4.90. The summed E-state index contributed by atoms with van der Waals surface area (Å²) in [5, 5.41) is 3.18. The number of carbonyl (C=O) groups is 1. The molecular weight excluding hydrogens is 312 g/mol. The van der Waals surface area contributed by atoms with Gasteiger partial charge in [-0.1, -0.05) is 11.6 Å². The first-order chi connectivity index (χ1) is 7.66. The highest BCUT2D eigenvalue weighted by atomic mass is 79.9. The molecule has 1 aromatic heterocycles. The van der Waals surface area contributed by atoms with Crippen molar-refractivity contribution in [3.8, 4) is 0 Å². The van der Waals surface area contributed by atoms with Gasteiger partial charge in [0.25, 0.3) is 0 Å². The average Bonchev–Trinajstić information content (AvgIpc) is 2.76. The van der Waals surface area contributed by atoms with Gasteiger partial charge in [0, 0.05) is 10.7 Å². The Balaban J connectivity index is 2.07. The lowest BCUT2D eigenvalue weighted by Crippen LogP contribution is -2.23. The van der Waals surface area contributed by atoms with Crippen molar-refractivity contribution < 1.29 is 4.79 Å². The number of thioether (sulfide) groups is 1. The number of rotatable bonds is 2. The van der Waals surface area contributed by atoms with E-state index >= 15 is 0 Å². The van der Waals surface area contributed by atoms with Gasteiger partial charge in [-0.2, -0.15) is 0 Å². The second kappa shape index (κ2) is 5.38. The van der Waals surface area contributed by atoms with Crippen LogP contribution in [-0.2, 0) is 4.79 Å². The highest BCUT2D eigenvalue weighted by Gasteiger charge is 2.23. The normalized spacial score (nSPS) is 19.8. The lowest BCUT2D eigenvalue weighted by Gasteiger charge is -2.10. The van der Waals surface area contributed by atoms with E-state index in [1.807, 2.05) is 0 Å². The number of carbonyl (C=O) groups excluding carboxylic acids is 1. The zero-order chi connectivity index (χ0) is 11.5. The Morgan fingerprint density at radius 3 is 3.19 bits per heavy atom. The Bertz CT molecular complexity index is 410. The van der Waals surface area contributed by atoms with Crippen molar-refractivity contribution in [3.63, 3.8) is 0 Å². The van der Waals surface area contributed by atoms with Crippen LogP contribution in [0.25, 0.3) is 0 Å². The van der Waals surface area contributed by atoms with Crippen LogP contribution in [0.3, 0.4) is 0 Å². The summed E-state index contributed by atoms with van der Waals surface area (Å²) >= 11 is 10.9. The van der Waals surface area contributed by atoms with Gasteiger partial charge in [-0.25, -0.2) is 4.98 Å². The summed E-state index contributed by atoms with van der Waals surface area (Å²) < 4.78 is 0.797. The first kappa shape index (κ1) is 12.2. The van der Waals surface area contributed by atoms with Gasteiger partial charge in [0.2, 0.25) is 5.91 Å². The van der Waals surface area contributed by atoms with E-state index in [1.54, 1.807) is 24.0 Å². The maximum Gasteiger partial charge on any atom is 0.237 e. The highest BCUT2D eigenvalue weighted by molar-refractivity contribution is 9.10. The van der Waals surface area contributed by atoms with Crippen molar-refractivity contribution in [1.29, 1.82) is 0 Å². The first-order valence-corrected chi connectivity index (χ1v) is 7.12. The topological polar surface area (TPSA) is 42.0 Å². The molecular formula is C10H10BrClN2OS. The van der Waals surface area contributed by atoms with Crippen molar-refractivity contribution >= 4 is 50.9 Å². The molecule has 0 radical (unpaired) electrons. The van der Waals surface area contributed by atoms with Crippen LogP contribution in [0.4, 0.5) is 5.69 Å². The van der Waals surface area contributed by atoms with Crippen LogP contribution >= 0.6 is 39.3 Å². The Morgan fingerprint density at radius 2 is 2.50 bits per heavy atom. The molecule has 16 heavy (non-hydrogen) atoms. The van der Waals surface area contributed by atoms with Gasteiger partial charge in [-0.15, -0.1) is 11.8 Å². The molecule has 1 amide bonds. The van der Waals surface area contributed by atoms with E-state index in [1.165, 1.54) is 0 Å². The Labute approximate surface area is 111 Å². The standard InChI is InChI=1S/C10H10BrClN2OS/c11-6-4-7(9(12)13-5-6)14-10(15)8-2-1-3-16-8/h4-5,8H,1-3H2,(H,14,15). The van der Waals surface area contributed by atoms with Crippen molar-refractivity contribution in [2.24, 2.45) is 0 Å². The summed E-state index contributed by atoms with van der Waals surface area (Å²) in [6.45, 7) is 0. The molecule has 0 saturated carbocycles. The fourth-order valence-electron chi connectivity index (χ4n) is 1.51. The monoisotopic (exact) mass is 320 g/mol. The molecule has 1 aromatic rings. The minimum Gasteiger partial charge on any atom is -0.322 e. The lowest BCUT2D eigenvalue weighted by atomic mass is 10.2. The molecule has 1 aliphatic rings. The van der Waals surface area contributed by atoms with E-state index in [2.05, 4.69) is 26.2 Å². The highest BCUT2D eigenvalue weighted by Crippen LogP contribution is 2.29. The fourth-order valence-corrected chi connectivity index (χ4v) is 3.15. The van der Waals surface area contributed by atoms with E-state index in [-0.39, 0.29) is 11.2 Å². The van der Waals surface area contributed by atoms with Crippen molar-refractivity contribution in [1.82, 2.24) is 4.98 Å². The number of hydrogen-bond acceptors (Lipinski definition) is 3. The van der Waals surface area contributed by atoms with E-state index < -0.39 is 0 Å². The van der Waals surface area contributed by atoms with Gasteiger partial charge >= 0.3 is 0 Å². The third-order valence-corrected chi connectivity index (χ3v) is 4.40. The number of hydrogen-bond donors (Lipinski definition) is 1. The molecule has 1 atom stereocenters. The van der Waals surface area contributed by atoms with Gasteiger partial charge in [-0.3, -0.25) is 4.79 Å². The van der Waals surface area contributed by atoms with E-state index in [4.69, 9.17) is 11.6 Å². The molecule has 1 N–H and O–H groups in total. The maximum atomic E-state index is 11.8. The summed E-state index contributed by atoms with van der Waals surface area (Å²) in [5.74, 6) is 1.08. The number of anilines is 1. The molecule has 3 nitrogen and oxygen atoms in total. The van der Waals surface area contributed by atoms with Crippen LogP contribution < -0.4 is 5.32 Å². The fraction of sp³-hybridized carbons (Fsp3) is 0.400. The van der Waals surface area contributed by atoms with E-state index in [0.717, 1.165) is 23.1 Å². The zero-order valence-electron chi connectivity index (χ0n) is 8.37. The van der Waals surface area contributed by atoms with E-state index in [9.17, 15) is 4.79 Å². The molecule has 1 unspecified atom stereocenters. The minimum absolute atomic E-state index is 0.0179. The summed E-state index contributed by atoms with van der Waals surface area (Å²) in [7, 11) is 0. The number of amides is 1. The third-order valence-electron chi connectivity index (χ3n) is 2.29. The number of pyridine rings is 1. The van der Waals surface area contributed by atoms with Crippen molar-refractivity contribution in [3.05, 3.63) is 21.9 Å². The largest absolute Gasteiger partial charge is 0.322 e. The lowest BCUT2D eigenvalue weighted by molar-refractivity contribution is -0.115. The smallest absolute Gasteiger partial charge is 0.237 e. The molecule has 2 heterocycles. The molecule has 1 aliphatic heterocycles. The summed E-state index contributed by atoms with van der Waals surface area (Å²) in [6, 6.07) is 1.76. The van der Waals surface area contributed by atoms with Gasteiger partial charge < -0.3 is 5.32 Å². The van der Waals surface area contributed by atoms with E-state index in [0.29, 0.717) is 10.8 Å². The van der Waals surface area contributed by atoms with Crippen molar-refractivity contribution in [2.75, 3.05) is 11.1 Å².